The van der Waals surface area contributed by atoms with Gasteiger partial charge in [0, 0.05) is 35.4 Å². The van der Waals surface area contributed by atoms with Gasteiger partial charge in [0.05, 0.1) is 0 Å². The van der Waals surface area contributed by atoms with Gasteiger partial charge in [-0.05, 0) is 49.6 Å². The molecule has 6 nitrogen and oxygen atoms in total. The highest BCUT2D eigenvalue weighted by Gasteiger charge is 2.33. The number of sulfonamides is 1. The number of hydrogen-bond donors (Lipinski definition) is 1. The average Bonchev–Trinajstić information content (AvgIpc) is 2.65. The van der Waals surface area contributed by atoms with Crippen molar-refractivity contribution in [3.8, 4) is 0 Å². The van der Waals surface area contributed by atoms with Crippen LogP contribution in [0.3, 0.4) is 0 Å². The second-order valence-electron chi connectivity index (χ2n) is 6.42. The van der Waals surface area contributed by atoms with Crippen molar-refractivity contribution in [2.24, 2.45) is 5.92 Å². The summed E-state index contributed by atoms with van der Waals surface area (Å²) in [6.45, 7) is 2.51. The SMILES string of the molecule is Cc1ccc(NC(=O)C2CCN(S(=O)(=O)c3cccnc3Cl)CC2)cc1Br. The minimum atomic E-state index is -3.71. The fraction of sp³-hybridized carbons (Fsp3) is 0.333. The van der Waals surface area contributed by atoms with Gasteiger partial charge >= 0.3 is 0 Å². The van der Waals surface area contributed by atoms with Gasteiger partial charge in [0.25, 0.3) is 0 Å². The van der Waals surface area contributed by atoms with Crippen LogP contribution in [0.1, 0.15) is 18.4 Å². The van der Waals surface area contributed by atoms with Gasteiger partial charge in [0.15, 0.2) is 0 Å². The average molecular weight is 473 g/mol. The number of anilines is 1. The van der Waals surface area contributed by atoms with E-state index in [0.717, 1.165) is 15.7 Å². The van der Waals surface area contributed by atoms with E-state index >= 15 is 0 Å². The zero-order chi connectivity index (χ0) is 19.6. The Morgan fingerprint density at radius 3 is 2.63 bits per heavy atom. The minimum absolute atomic E-state index is 0.000858. The molecule has 0 bridgehead atoms. The number of nitrogens with one attached hydrogen (secondary N) is 1. The van der Waals surface area contributed by atoms with Gasteiger partial charge in [0.2, 0.25) is 15.9 Å². The van der Waals surface area contributed by atoms with Gasteiger partial charge in [-0.15, -0.1) is 0 Å². The number of hydrogen-bond acceptors (Lipinski definition) is 4. The molecule has 1 aromatic carbocycles. The van der Waals surface area contributed by atoms with E-state index in [1.807, 2.05) is 25.1 Å². The van der Waals surface area contributed by atoms with Crippen molar-refractivity contribution in [1.29, 1.82) is 0 Å². The van der Waals surface area contributed by atoms with Crippen LogP contribution in [-0.4, -0.2) is 36.7 Å². The van der Waals surface area contributed by atoms with Crippen molar-refractivity contribution in [3.05, 3.63) is 51.7 Å². The van der Waals surface area contributed by atoms with E-state index in [1.54, 1.807) is 6.07 Å². The molecule has 2 aromatic rings. The number of benzene rings is 1. The Balaban J connectivity index is 1.63. The first kappa shape index (κ1) is 20.3. The number of aryl methyl sites for hydroxylation is 1. The smallest absolute Gasteiger partial charge is 0.246 e. The first-order valence-electron chi connectivity index (χ1n) is 8.46. The lowest BCUT2D eigenvalue weighted by molar-refractivity contribution is -0.120. The zero-order valence-corrected chi connectivity index (χ0v) is 17.8. The number of carbonyl (C=O) groups excluding carboxylic acids is 1. The summed E-state index contributed by atoms with van der Waals surface area (Å²) in [5.74, 6) is -0.330. The van der Waals surface area contributed by atoms with Crippen LogP contribution in [0.15, 0.2) is 45.9 Å². The van der Waals surface area contributed by atoms with E-state index in [4.69, 9.17) is 11.6 Å². The minimum Gasteiger partial charge on any atom is -0.326 e. The lowest BCUT2D eigenvalue weighted by atomic mass is 9.97. The Bertz CT molecular complexity index is 960. The predicted molar refractivity (Wildman–Crippen MR) is 108 cm³/mol. The molecular weight excluding hydrogens is 454 g/mol. The Kier molecular flexibility index (Phi) is 6.20. The topological polar surface area (TPSA) is 79.4 Å². The highest BCUT2D eigenvalue weighted by Crippen LogP contribution is 2.28. The molecule has 1 saturated heterocycles. The Morgan fingerprint density at radius 1 is 1.30 bits per heavy atom. The molecule has 0 radical (unpaired) electrons. The van der Waals surface area contributed by atoms with E-state index in [-0.39, 0.29) is 35.0 Å². The second kappa shape index (κ2) is 8.26. The quantitative estimate of drug-likeness (QED) is 0.686. The van der Waals surface area contributed by atoms with E-state index < -0.39 is 10.0 Å². The third-order valence-electron chi connectivity index (χ3n) is 4.61. The maximum Gasteiger partial charge on any atom is 0.246 e. The van der Waals surface area contributed by atoms with Crippen LogP contribution in [0.5, 0.6) is 0 Å². The molecule has 3 rings (SSSR count). The molecule has 9 heteroatoms. The number of halogens is 2. The summed E-state index contributed by atoms with van der Waals surface area (Å²) in [5, 5.41) is 2.87. The van der Waals surface area contributed by atoms with Crippen molar-refractivity contribution < 1.29 is 13.2 Å². The zero-order valence-electron chi connectivity index (χ0n) is 14.7. The molecule has 0 spiro atoms. The molecule has 144 valence electrons. The number of aromatic nitrogens is 1. The molecule has 1 fully saturated rings. The normalized spacial score (nSPS) is 16.3. The van der Waals surface area contributed by atoms with E-state index in [2.05, 4.69) is 26.2 Å². The van der Waals surface area contributed by atoms with E-state index in [1.165, 1.54) is 16.6 Å². The van der Waals surface area contributed by atoms with E-state index in [9.17, 15) is 13.2 Å². The molecule has 1 aliphatic heterocycles. The summed E-state index contributed by atoms with van der Waals surface area (Å²) in [6, 6.07) is 8.61. The van der Waals surface area contributed by atoms with Crippen LogP contribution in [0, 0.1) is 12.8 Å². The van der Waals surface area contributed by atoms with Gasteiger partial charge in [0.1, 0.15) is 10.0 Å². The summed E-state index contributed by atoms with van der Waals surface area (Å²) < 4.78 is 27.8. The standard InChI is InChI=1S/C18H19BrClN3O3S/c1-12-4-5-14(11-15(12)19)22-18(24)13-6-9-23(10-7-13)27(25,26)16-3-2-8-21-17(16)20/h2-5,8,11,13H,6-7,9-10H2,1H3,(H,22,24). The monoisotopic (exact) mass is 471 g/mol. The molecule has 0 unspecified atom stereocenters. The lowest BCUT2D eigenvalue weighted by Crippen LogP contribution is -2.41. The van der Waals surface area contributed by atoms with Crippen LogP contribution in [0.4, 0.5) is 5.69 Å². The highest BCUT2D eigenvalue weighted by molar-refractivity contribution is 9.10. The highest BCUT2D eigenvalue weighted by atomic mass is 79.9. The molecule has 1 aromatic heterocycles. The maximum absolute atomic E-state index is 12.7. The Morgan fingerprint density at radius 2 is 2.00 bits per heavy atom. The lowest BCUT2D eigenvalue weighted by Gasteiger charge is -2.30. The summed E-state index contributed by atoms with van der Waals surface area (Å²) in [7, 11) is -3.71. The molecule has 1 aliphatic rings. The number of rotatable bonds is 4. The number of nitrogens with zero attached hydrogens (tertiary/aromatic N) is 2. The van der Waals surface area contributed by atoms with Crippen LogP contribution < -0.4 is 5.32 Å². The molecule has 27 heavy (non-hydrogen) atoms. The summed E-state index contributed by atoms with van der Waals surface area (Å²) in [6.07, 6.45) is 2.35. The third-order valence-corrected chi connectivity index (χ3v) is 7.80. The first-order valence-corrected chi connectivity index (χ1v) is 11.1. The fourth-order valence-electron chi connectivity index (χ4n) is 2.98. The maximum atomic E-state index is 12.7. The van der Waals surface area contributed by atoms with Crippen LogP contribution in [0.2, 0.25) is 5.15 Å². The molecular formula is C18H19BrClN3O3S. The van der Waals surface area contributed by atoms with Crippen molar-refractivity contribution in [2.45, 2.75) is 24.7 Å². The molecule has 1 N–H and O–H groups in total. The number of pyridine rings is 1. The summed E-state index contributed by atoms with van der Waals surface area (Å²) in [5.41, 5.74) is 1.80. The van der Waals surface area contributed by atoms with E-state index in [0.29, 0.717) is 12.8 Å². The fourth-order valence-corrected chi connectivity index (χ4v) is 5.25. The van der Waals surface area contributed by atoms with Crippen molar-refractivity contribution in [2.75, 3.05) is 18.4 Å². The summed E-state index contributed by atoms with van der Waals surface area (Å²) in [4.78, 5) is 16.4. The Labute approximate surface area is 172 Å². The van der Waals surface area contributed by atoms with Gasteiger partial charge < -0.3 is 5.32 Å². The predicted octanol–water partition coefficient (Wildman–Crippen LogP) is 3.85. The first-order chi connectivity index (χ1) is 12.8. The number of carbonyl (C=O) groups is 1. The Hall–Kier alpha value is -1.48. The van der Waals surface area contributed by atoms with Crippen LogP contribution >= 0.6 is 27.5 Å². The van der Waals surface area contributed by atoms with Gasteiger partial charge in [-0.3, -0.25) is 4.79 Å². The van der Waals surface area contributed by atoms with Crippen LogP contribution in [-0.2, 0) is 14.8 Å². The van der Waals surface area contributed by atoms with Gasteiger partial charge in [-0.1, -0.05) is 33.6 Å². The largest absolute Gasteiger partial charge is 0.326 e. The second-order valence-corrected chi connectivity index (χ2v) is 9.54. The van der Waals surface area contributed by atoms with Crippen molar-refractivity contribution in [3.63, 3.8) is 0 Å². The molecule has 2 heterocycles. The van der Waals surface area contributed by atoms with Crippen molar-refractivity contribution in [1.82, 2.24) is 9.29 Å². The van der Waals surface area contributed by atoms with Crippen molar-refractivity contribution >= 4 is 49.1 Å². The van der Waals surface area contributed by atoms with Crippen LogP contribution in [0.25, 0.3) is 0 Å². The molecule has 0 saturated carbocycles. The summed E-state index contributed by atoms with van der Waals surface area (Å²) >= 11 is 9.39. The molecule has 0 aliphatic carbocycles. The molecule has 1 amide bonds. The third kappa shape index (κ3) is 4.51. The number of piperidine rings is 1. The van der Waals surface area contributed by atoms with Gasteiger partial charge in [-0.2, -0.15) is 4.31 Å². The molecule has 0 atom stereocenters. The van der Waals surface area contributed by atoms with Gasteiger partial charge in [-0.25, -0.2) is 13.4 Å². The number of amides is 1.